The molecule has 0 aliphatic rings. The van der Waals surface area contributed by atoms with Crippen LogP contribution in [0.4, 0.5) is 10.1 Å². The third-order valence-electron chi connectivity index (χ3n) is 4.10. The van der Waals surface area contributed by atoms with Gasteiger partial charge in [0.05, 0.1) is 27.7 Å². The first-order chi connectivity index (χ1) is 13.8. The van der Waals surface area contributed by atoms with Crippen molar-refractivity contribution in [1.29, 1.82) is 0 Å². The molecule has 0 saturated carbocycles. The fourth-order valence-corrected chi connectivity index (χ4v) is 2.89. The largest absolute Gasteiger partial charge is 0.350 e. The number of nitrogens with zero attached hydrogens (tertiary/aromatic N) is 3. The Labute approximate surface area is 171 Å². The van der Waals surface area contributed by atoms with E-state index in [1.165, 1.54) is 22.9 Å². The molecule has 2 amide bonds. The van der Waals surface area contributed by atoms with E-state index in [9.17, 15) is 14.0 Å². The lowest BCUT2D eigenvalue weighted by atomic mass is 10.1. The number of carbonyl (C=O) groups is 2. The van der Waals surface area contributed by atoms with Crippen molar-refractivity contribution in [1.82, 2.24) is 20.3 Å². The molecule has 0 bridgehead atoms. The second-order valence-corrected chi connectivity index (χ2v) is 7.07. The maximum absolute atomic E-state index is 13.4. The van der Waals surface area contributed by atoms with E-state index in [1.54, 1.807) is 31.2 Å². The minimum absolute atomic E-state index is 0.0454. The van der Waals surface area contributed by atoms with Crippen LogP contribution in [0.2, 0.25) is 5.02 Å². The van der Waals surface area contributed by atoms with Crippen LogP contribution in [-0.4, -0.2) is 32.9 Å². The highest BCUT2D eigenvalue weighted by atomic mass is 35.5. The molecule has 150 valence electrons. The topological polar surface area (TPSA) is 88.9 Å². The van der Waals surface area contributed by atoms with Crippen LogP contribution in [0, 0.1) is 12.7 Å². The zero-order valence-electron chi connectivity index (χ0n) is 16.0. The van der Waals surface area contributed by atoms with Crippen LogP contribution in [0.25, 0.3) is 5.69 Å². The van der Waals surface area contributed by atoms with Crippen LogP contribution in [0.1, 0.15) is 40.4 Å². The summed E-state index contributed by atoms with van der Waals surface area (Å²) in [7, 11) is 0. The molecule has 0 spiro atoms. The maximum Gasteiger partial charge on any atom is 0.278 e. The van der Waals surface area contributed by atoms with Crippen molar-refractivity contribution in [3.63, 3.8) is 0 Å². The Kier molecular flexibility index (Phi) is 5.93. The number of hydrogen-bond acceptors (Lipinski definition) is 4. The van der Waals surface area contributed by atoms with Gasteiger partial charge in [0, 0.05) is 6.04 Å². The van der Waals surface area contributed by atoms with Gasteiger partial charge in [0.25, 0.3) is 11.8 Å². The molecular weight excluding hydrogens is 397 g/mol. The maximum atomic E-state index is 13.4. The molecule has 29 heavy (non-hydrogen) atoms. The van der Waals surface area contributed by atoms with Crippen molar-refractivity contribution in [3.05, 3.63) is 70.3 Å². The number of hydrogen-bond donors (Lipinski definition) is 2. The summed E-state index contributed by atoms with van der Waals surface area (Å²) >= 11 is 5.82. The van der Waals surface area contributed by atoms with Gasteiger partial charge in [0.1, 0.15) is 5.82 Å². The Morgan fingerprint density at radius 1 is 1.14 bits per heavy atom. The van der Waals surface area contributed by atoms with Gasteiger partial charge < -0.3 is 10.6 Å². The second kappa shape index (κ2) is 8.40. The van der Waals surface area contributed by atoms with Crippen molar-refractivity contribution < 1.29 is 14.0 Å². The molecule has 2 aromatic carbocycles. The van der Waals surface area contributed by atoms with E-state index in [0.717, 1.165) is 0 Å². The van der Waals surface area contributed by atoms with E-state index in [4.69, 9.17) is 11.6 Å². The van der Waals surface area contributed by atoms with E-state index in [2.05, 4.69) is 20.9 Å². The molecule has 0 atom stereocenters. The number of anilines is 1. The molecule has 3 aromatic rings. The molecule has 0 saturated heterocycles. The predicted molar refractivity (Wildman–Crippen MR) is 108 cm³/mol. The summed E-state index contributed by atoms with van der Waals surface area (Å²) in [5.74, 6) is -1.37. The number of amides is 2. The summed E-state index contributed by atoms with van der Waals surface area (Å²) in [6, 6.07) is 10.7. The molecule has 0 radical (unpaired) electrons. The average Bonchev–Trinajstić information content (AvgIpc) is 3.05. The van der Waals surface area contributed by atoms with Crippen molar-refractivity contribution in [2.75, 3.05) is 5.32 Å². The number of carbonyl (C=O) groups excluding carboxylic acids is 2. The monoisotopic (exact) mass is 415 g/mol. The average molecular weight is 416 g/mol. The first-order valence-electron chi connectivity index (χ1n) is 8.87. The molecule has 0 aliphatic carbocycles. The smallest absolute Gasteiger partial charge is 0.278 e. The Balaban J connectivity index is 1.87. The van der Waals surface area contributed by atoms with Gasteiger partial charge in [-0.1, -0.05) is 28.9 Å². The lowest BCUT2D eigenvalue weighted by Crippen LogP contribution is -2.31. The van der Waals surface area contributed by atoms with Crippen LogP contribution in [0.5, 0.6) is 0 Å². The minimum Gasteiger partial charge on any atom is -0.350 e. The SMILES string of the molecule is Cc1c(C(=O)Nc2ccccc2C(=O)NC(C)C)nnn1-c1ccc(F)c(Cl)c1. The quantitative estimate of drug-likeness (QED) is 0.664. The molecule has 2 N–H and O–H groups in total. The van der Waals surface area contributed by atoms with Crippen LogP contribution in [0.3, 0.4) is 0 Å². The minimum atomic E-state index is -0.553. The summed E-state index contributed by atoms with van der Waals surface area (Å²) in [5.41, 5.74) is 1.68. The van der Waals surface area contributed by atoms with E-state index >= 15 is 0 Å². The van der Waals surface area contributed by atoms with Crippen molar-refractivity contribution in [2.45, 2.75) is 26.8 Å². The van der Waals surface area contributed by atoms with Crippen LogP contribution < -0.4 is 10.6 Å². The molecule has 1 heterocycles. The highest BCUT2D eigenvalue weighted by Gasteiger charge is 2.20. The fraction of sp³-hybridized carbons (Fsp3) is 0.200. The summed E-state index contributed by atoms with van der Waals surface area (Å²) in [6.07, 6.45) is 0. The molecule has 0 unspecified atom stereocenters. The number of para-hydroxylation sites is 1. The Morgan fingerprint density at radius 3 is 2.55 bits per heavy atom. The third kappa shape index (κ3) is 4.43. The highest BCUT2D eigenvalue weighted by Crippen LogP contribution is 2.21. The molecule has 9 heteroatoms. The van der Waals surface area contributed by atoms with Gasteiger partial charge >= 0.3 is 0 Å². The summed E-state index contributed by atoms with van der Waals surface area (Å²) in [5, 5.41) is 13.3. The van der Waals surface area contributed by atoms with Gasteiger partial charge in [0.15, 0.2) is 5.69 Å². The van der Waals surface area contributed by atoms with Crippen molar-refractivity contribution in [3.8, 4) is 5.69 Å². The second-order valence-electron chi connectivity index (χ2n) is 6.66. The first kappa shape index (κ1) is 20.5. The van der Waals surface area contributed by atoms with E-state index in [-0.39, 0.29) is 22.7 Å². The predicted octanol–water partition coefficient (Wildman–Crippen LogP) is 3.76. The number of benzene rings is 2. The van der Waals surface area contributed by atoms with Crippen LogP contribution in [0.15, 0.2) is 42.5 Å². The number of nitrogens with one attached hydrogen (secondary N) is 2. The molecule has 0 fully saturated rings. The molecule has 7 nitrogen and oxygen atoms in total. The van der Waals surface area contributed by atoms with Gasteiger partial charge in [-0.05, 0) is 51.1 Å². The zero-order chi connectivity index (χ0) is 21.1. The lowest BCUT2D eigenvalue weighted by molar-refractivity contribution is 0.0944. The number of halogens is 2. The third-order valence-corrected chi connectivity index (χ3v) is 4.39. The van der Waals surface area contributed by atoms with Gasteiger partial charge in [-0.2, -0.15) is 0 Å². The van der Waals surface area contributed by atoms with Gasteiger partial charge in [0.2, 0.25) is 0 Å². The highest BCUT2D eigenvalue weighted by molar-refractivity contribution is 6.30. The standard InChI is InChI=1S/C20H19ClFN5O2/c1-11(2)23-19(28)14-6-4-5-7-17(14)24-20(29)18-12(3)27(26-25-18)13-8-9-16(22)15(21)10-13/h4-11H,1-3H3,(H,23,28)(H,24,29). The van der Waals surface area contributed by atoms with Crippen LogP contribution in [-0.2, 0) is 0 Å². The molecule has 3 rings (SSSR count). The normalized spacial score (nSPS) is 10.8. The van der Waals surface area contributed by atoms with Crippen molar-refractivity contribution >= 4 is 29.1 Å². The summed E-state index contributed by atoms with van der Waals surface area (Å²) in [4.78, 5) is 25.1. The number of rotatable bonds is 5. The van der Waals surface area contributed by atoms with Crippen molar-refractivity contribution in [2.24, 2.45) is 0 Å². The van der Waals surface area contributed by atoms with E-state index < -0.39 is 11.7 Å². The zero-order valence-corrected chi connectivity index (χ0v) is 16.8. The lowest BCUT2D eigenvalue weighted by Gasteiger charge is -2.12. The molecule has 0 aliphatic heterocycles. The Bertz CT molecular complexity index is 1080. The number of aromatic nitrogens is 3. The van der Waals surface area contributed by atoms with Gasteiger partial charge in [-0.25, -0.2) is 9.07 Å². The Hall–Kier alpha value is -3.26. The summed E-state index contributed by atoms with van der Waals surface area (Å²) < 4.78 is 14.8. The molecular formula is C20H19ClFN5O2. The summed E-state index contributed by atoms with van der Waals surface area (Å²) in [6.45, 7) is 5.36. The van der Waals surface area contributed by atoms with Gasteiger partial charge in [-0.15, -0.1) is 5.10 Å². The fourth-order valence-electron chi connectivity index (χ4n) is 2.71. The van der Waals surface area contributed by atoms with Crippen LogP contribution >= 0.6 is 11.6 Å². The van der Waals surface area contributed by atoms with Gasteiger partial charge in [-0.3, -0.25) is 9.59 Å². The Morgan fingerprint density at radius 2 is 1.86 bits per heavy atom. The van der Waals surface area contributed by atoms with E-state index in [0.29, 0.717) is 22.6 Å². The first-order valence-corrected chi connectivity index (χ1v) is 9.24. The molecule has 1 aromatic heterocycles. The van der Waals surface area contributed by atoms with E-state index in [1.807, 2.05) is 13.8 Å².